The van der Waals surface area contributed by atoms with Crippen molar-refractivity contribution < 1.29 is 23.8 Å². The molecule has 2 amide bonds. The molecule has 1 saturated carbocycles. The van der Waals surface area contributed by atoms with Crippen LogP contribution in [0.2, 0.25) is 0 Å². The van der Waals surface area contributed by atoms with Crippen LogP contribution < -0.4 is 0 Å². The van der Waals surface area contributed by atoms with E-state index in [0.29, 0.717) is 44.7 Å². The largest absolute Gasteiger partial charge is 0.445 e. The molecule has 204 valence electrons. The van der Waals surface area contributed by atoms with Gasteiger partial charge >= 0.3 is 12.2 Å². The highest BCUT2D eigenvalue weighted by atomic mass is 16.6. The summed E-state index contributed by atoms with van der Waals surface area (Å²) in [5.74, 6) is 0.749. The monoisotopic (exact) mass is 520 g/mol. The molecule has 3 aliphatic rings. The maximum absolute atomic E-state index is 13.3. The minimum absolute atomic E-state index is 0.171. The summed E-state index contributed by atoms with van der Waals surface area (Å²) < 4.78 is 17.9. The molecule has 2 aromatic carbocycles. The Bertz CT molecular complexity index is 1100. The predicted octanol–water partition coefficient (Wildman–Crippen LogP) is 5.88. The second-order valence-corrected chi connectivity index (χ2v) is 12.2. The molecule has 0 N–H and O–H groups in total. The molecule has 7 nitrogen and oxygen atoms in total. The molecule has 2 aliphatic heterocycles. The van der Waals surface area contributed by atoms with Gasteiger partial charge in [0.15, 0.2) is 0 Å². The molecule has 1 aliphatic carbocycles. The number of fused-ring (bicyclic) bond motifs is 1. The van der Waals surface area contributed by atoms with Crippen LogP contribution in [-0.2, 0) is 27.4 Å². The van der Waals surface area contributed by atoms with E-state index in [1.165, 1.54) is 0 Å². The van der Waals surface area contributed by atoms with Crippen LogP contribution >= 0.6 is 0 Å². The Balaban J connectivity index is 1.36. The molecule has 2 aromatic rings. The molecule has 3 fully saturated rings. The normalized spacial score (nSPS) is 26.6. The molecular formula is C31H40N2O5. The third-order valence-electron chi connectivity index (χ3n) is 8.23. The summed E-state index contributed by atoms with van der Waals surface area (Å²) >= 11 is 0. The summed E-state index contributed by atoms with van der Waals surface area (Å²) in [7, 11) is 0. The number of amides is 2. The first kappa shape index (κ1) is 26.5. The van der Waals surface area contributed by atoms with Gasteiger partial charge in [-0.05, 0) is 63.0 Å². The van der Waals surface area contributed by atoms with E-state index in [4.69, 9.17) is 14.2 Å². The minimum Gasteiger partial charge on any atom is -0.445 e. The van der Waals surface area contributed by atoms with Gasteiger partial charge in [-0.1, -0.05) is 60.7 Å². The molecule has 2 saturated heterocycles. The Morgan fingerprint density at radius 3 is 2.21 bits per heavy atom. The predicted molar refractivity (Wildman–Crippen MR) is 144 cm³/mol. The van der Waals surface area contributed by atoms with Gasteiger partial charge in [-0.15, -0.1) is 0 Å². The van der Waals surface area contributed by atoms with Crippen molar-refractivity contribution in [2.75, 3.05) is 26.2 Å². The Hall–Kier alpha value is -3.06. The number of carbonyl (C=O) groups excluding carboxylic acids is 2. The molecule has 0 unspecified atom stereocenters. The topological polar surface area (TPSA) is 68.3 Å². The van der Waals surface area contributed by atoms with Crippen LogP contribution in [0.15, 0.2) is 60.7 Å². The number of benzene rings is 2. The van der Waals surface area contributed by atoms with Crippen molar-refractivity contribution in [3.05, 3.63) is 71.8 Å². The molecule has 2 bridgehead atoms. The van der Waals surface area contributed by atoms with Crippen LogP contribution in [0, 0.1) is 17.3 Å². The van der Waals surface area contributed by atoms with E-state index in [-0.39, 0.29) is 30.3 Å². The van der Waals surface area contributed by atoms with Crippen molar-refractivity contribution in [1.29, 1.82) is 0 Å². The summed E-state index contributed by atoms with van der Waals surface area (Å²) in [6, 6.07) is 20.0. The van der Waals surface area contributed by atoms with E-state index in [1.54, 1.807) is 0 Å². The summed E-state index contributed by atoms with van der Waals surface area (Å²) in [4.78, 5) is 30.4. The molecule has 4 atom stereocenters. The van der Waals surface area contributed by atoms with Crippen molar-refractivity contribution in [1.82, 2.24) is 9.80 Å². The molecule has 0 aromatic heterocycles. The zero-order valence-corrected chi connectivity index (χ0v) is 22.8. The van der Waals surface area contributed by atoms with Gasteiger partial charge in [0, 0.05) is 31.1 Å². The van der Waals surface area contributed by atoms with Gasteiger partial charge in [0.2, 0.25) is 0 Å². The van der Waals surface area contributed by atoms with E-state index in [0.717, 1.165) is 30.4 Å². The fourth-order valence-electron chi connectivity index (χ4n) is 6.57. The fourth-order valence-corrected chi connectivity index (χ4v) is 6.57. The van der Waals surface area contributed by atoms with Crippen LogP contribution in [0.3, 0.4) is 0 Å². The van der Waals surface area contributed by atoms with Crippen LogP contribution in [-0.4, -0.2) is 59.9 Å². The summed E-state index contributed by atoms with van der Waals surface area (Å²) in [5.41, 5.74) is 1.13. The van der Waals surface area contributed by atoms with E-state index in [1.807, 2.05) is 79.1 Å². The average molecular weight is 521 g/mol. The molecule has 0 radical (unpaired) electrons. The Morgan fingerprint density at radius 2 is 1.55 bits per heavy atom. The average Bonchev–Trinajstić information content (AvgIpc) is 2.91. The quantitative estimate of drug-likeness (QED) is 0.476. The van der Waals surface area contributed by atoms with Crippen LogP contribution in [0.25, 0.3) is 0 Å². The summed E-state index contributed by atoms with van der Waals surface area (Å²) in [5, 5.41) is 0. The highest BCUT2D eigenvalue weighted by Gasteiger charge is 2.57. The van der Waals surface area contributed by atoms with E-state index >= 15 is 0 Å². The zero-order valence-electron chi connectivity index (χ0n) is 22.8. The zero-order chi connectivity index (χ0) is 26.8. The summed E-state index contributed by atoms with van der Waals surface area (Å²) in [6.07, 6.45) is 2.24. The van der Waals surface area contributed by atoms with Gasteiger partial charge in [0.1, 0.15) is 12.2 Å². The molecule has 0 spiro atoms. The first-order chi connectivity index (χ1) is 18.2. The smallest absolute Gasteiger partial charge is 0.410 e. The number of ether oxygens (including phenoxy) is 3. The minimum atomic E-state index is -0.568. The van der Waals surface area contributed by atoms with Crippen molar-refractivity contribution in [3.63, 3.8) is 0 Å². The highest BCUT2D eigenvalue weighted by Crippen LogP contribution is 2.52. The number of likely N-dealkylation sites (tertiary alicyclic amines) is 2. The third kappa shape index (κ3) is 5.98. The van der Waals surface area contributed by atoms with Gasteiger partial charge in [-0.2, -0.15) is 0 Å². The second kappa shape index (κ2) is 11.0. The number of nitrogens with zero attached hydrogens (tertiary/aromatic N) is 2. The Labute approximate surface area is 226 Å². The summed E-state index contributed by atoms with van der Waals surface area (Å²) in [6.45, 7) is 8.63. The first-order valence-electron chi connectivity index (χ1n) is 13.8. The standard InChI is InChI=1S/C31H40N2O5/c1-30(2,3)38-29(35)33-21-31(22-36-18-23-10-6-4-7-11-23)20-32(17-25-14-15-26(33)16-27(25)31)28(34)37-19-24-12-8-5-9-13-24/h4-13,25-27H,14-22H2,1-3H3/t25-,26-,27+,31-/m1/s1. The van der Waals surface area contributed by atoms with Crippen molar-refractivity contribution >= 4 is 12.2 Å². The Kier molecular flexibility index (Phi) is 7.66. The highest BCUT2D eigenvalue weighted by molar-refractivity contribution is 5.70. The fraction of sp³-hybridized carbons (Fsp3) is 0.548. The van der Waals surface area contributed by atoms with E-state index < -0.39 is 5.60 Å². The first-order valence-corrected chi connectivity index (χ1v) is 13.8. The van der Waals surface area contributed by atoms with Gasteiger partial charge in [-0.25, -0.2) is 9.59 Å². The Morgan fingerprint density at radius 1 is 0.895 bits per heavy atom. The van der Waals surface area contributed by atoms with Gasteiger partial charge < -0.3 is 24.0 Å². The van der Waals surface area contributed by atoms with Crippen LogP contribution in [0.5, 0.6) is 0 Å². The van der Waals surface area contributed by atoms with E-state index in [2.05, 4.69) is 12.1 Å². The maximum Gasteiger partial charge on any atom is 0.410 e. The third-order valence-corrected chi connectivity index (χ3v) is 8.23. The van der Waals surface area contributed by atoms with E-state index in [9.17, 15) is 9.59 Å². The van der Waals surface area contributed by atoms with Crippen LogP contribution in [0.1, 0.15) is 51.2 Å². The van der Waals surface area contributed by atoms with Crippen LogP contribution in [0.4, 0.5) is 9.59 Å². The van der Waals surface area contributed by atoms with Gasteiger partial charge in [0.05, 0.1) is 13.2 Å². The molecule has 5 rings (SSSR count). The molecule has 2 heterocycles. The molecule has 38 heavy (non-hydrogen) atoms. The number of rotatable bonds is 6. The van der Waals surface area contributed by atoms with Crippen molar-refractivity contribution in [3.8, 4) is 0 Å². The molecule has 7 heteroatoms. The molecular weight excluding hydrogens is 480 g/mol. The lowest BCUT2D eigenvalue weighted by Gasteiger charge is -2.60. The number of hydrogen-bond acceptors (Lipinski definition) is 5. The lowest BCUT2D eigenvalue weighted by molar-refractivity contribution is -0.143. The second-order valence-electron chi connectivity index (χ2n) is 12.2. The van der Waals surface area contributed by atoms with Crippen molar-refractivity contribution in [2.45, 2.75) is 64.9 Å². The lowest BCUT2D eigenvalue weighted by Crippen LogP contribution is -2.68. The van der Waals surface area contributed by atoms with Gasteiger partial charge in [-0.3, -0.25) is 0 Å². The van der Waals surface area contributed by atoms with Gasteiger partial charge in [0.25, 0.3) is 0 Å². The lowest BCUT2D eigenvalue weighted by atomic mass is 9.57. The SMILES string of the molecule is CC(C)(C)OC(=O)N1C[C@@]2(COCc3ccccc3)CN(C(=O)OCc3ccccc3)C[C@H]3CC[C@@H]1C[C@@H]32. The number of carbonyl (C=O) groups is 2. The number of hydrogen-bond donors (Lipinski definition) is 0. The number of piperidine rings is 2. The van der Waals surface area contributed by atoms with Crippen molar-refractivity contribution in [2.24, 2.45) is 17.3 Å². The maximum atomic E-state index is 13.3.